The standard InChI is InChI=1S/C26H16N4O2/c31-24-2-1-3-25(32)26(24)22-13-21-12-19-7-6-17(28-19)10-15-4-5-16(27-15)11-18-8-9-20(29-18)14-23(22)30-21/h1-14,31-32H. The number of nitrogens with zero attached hydrogens (tertiary/aromatic N) is 4. The molecule has 6 rings (SSSR count). The molecule has 0 aliphatic carbocycles. The van der Waals surface area contributed by atoms with Crippen molar-refractivity contribution in [2.75, 3.05) is 0 Å². The Balaban J connectivity index is 1.54. The second-order valence-electron chi connectivity index (χ2n) is 7.61. The molecule has 0 saturated heterocycles. The minimum absolute atomic E-state index is 0.0184. The first-order valence-electron chi connectivity index (χ1n) is 10.1. The summed E-state index contributed by atoms with van der Waals surface area (Å²) < 4.78 is 0. The zero-order valence-electron chi connectivity index (χ0n) is 16.8. The lowest BCUT2D eigenvalue weighted by atomic mass is 9.99. The summed E-state index contributed by atoms with van der Waals surface area (Å²) in [4.78, 5) is 18.6. The van der Waals surface area contributed by atoms with Gasteiger partial charge in [-0.15, -0.1) is 0 Å². The fourth-order valence-electron chi connectivity index (χ4n) is 3.90. The molecule has 0 unspecified atom stereocenters. The third-order valence-corrected chi connectivity index (χ3v) is 5.33. The third kappa shape index (κ3) is 3.24. The Morgan fingerprint density at radius 2 is 1.00 bits per heavy atom. The van der Waals surface area contributed by atoms with Gasteiger partial charge in [-0.3, -0.25) is 0 Å². The number of allylic oxidation sites excluding steroid dienone is 12. The van der Waals surface area contributed by atoms with E-state index in [1.54, 1.807) is 18.2 Å². The number of hydrogen-bond acceptors (Lipinski definition) is 6. The molecule has 6 heteroatoms. The summed E-state index contributed by atoms with van der Waals surface area (Å²) in [5.41, 5.74) is 6.92. The quantitative estimate of drug-likeness (QED) is 0.705. The largest absolute Gasteiger partial charge is 0.507 e. The molecule has 0 fully saturated rings. The van der Waals surface area contributed by atoms with Gasteiger partial charge in [0.1, 0.15) is 11.5 Å². The summed E-state index contributed by atoms with van der Waals surface area (Å²) in [7, 11) is 0. The SMILES string of the molecule is Oc1cccc(O)c1C1=CC2=CC3=NC(=CC4=NC(=CC5=NC(=CC1=N2)C=C5)C=C4)C=C3. The topological polar surface area (TPSA) is 89.9 Å². The zero-order valence-corrected chi connectivity index (χ0v) is 16.8. The van der Waals surface area contributed by atoms with E-state index in [1.165, 1.54) is 0 Å². The van der Waals surface area contributed by atoms with E-state index in [0.29, 0.717) is 22.5 Å². The van der Waals surface area contributed by atoms with E-state index in [-0.39, 0.29) is 11.5 Å². The third-order valence-electron chi connectivity index (χ3n) is 5.33. The van der Waals surface area contributed by atoms with Crippen LogP contribution < -0.4 is 0 Å². The van der Waals surface area contributed by atoms with Crippen LogP contribution in [0.5, 0.6) is 11.5 Å². The normalized spacial score (nSPS) is 20.2. The first-order valence-corrected chi connectivity index (χ1v) is 10.1. The molecule has 5 heterocycles. The van der Waals surface area contributed by atoms with Crippen molar-refractivity contribution in [3.63, 3.8) is 0 Å². The van der Waals surface area contributed by atoms with E-state index in [4.69, 9.17) is 4.99 Å². The van der Waals surface area contributed by atoms with Crippen molar-refractivity contribution in [2.24, 2.45) is 20.0 Å². The smallest absolute Gasteiger partial charge is 0.127 e. The van der Waals surface area contributed by atoms with Crippen molar-refractivity contribution in [1.82, 2.24) is 0 Å². The number of fused-ring (bicyclic) bond motifs is 4. The van der Waals surface area contributed by atoms with Gasteiger partial charge in [-0.2, -0.15) is 0 Å². The van der Waals surface area contributed by atoms with Crippen LogP contribution in [0.4, 0.5) is 0 Å². The first-order chi connectivity index (χ1) is 15.6. The molecule has 0 radical (unpaired) electrons. The average Bonchev–Trinajstić information content (AvgIpc) is 3.54. The molecule has 2 N–H and O–H groups in total. The van der Waals surface area contributed by atoms with Crippen LogP contribution in [-0.4, -0.2) is 33.1 Å². The van der Waals surface area contributed by atoms with Crippen molar-refractivity contribution in [1.29, 1.82) is 0 Å². The van der Waals surface area contributed by atoms with E-state index in [9.17, 15) is 10.2 Å². The van der Waals surface area contributed by atoms with Gasteiger partial charge in [-0.1, -0.05) is 6.07 Å². The van der Waals surface area contributed by atoms with Gasteiger partial charge in [0.05, 0.1) is 51.2 Å². The van der Waals surface area contributed by atoms with Crippen LogP contribution in [0.3, 0.4) is 0 Å². The predicted octanol–water partition coefficient (Wildman–Crippen LogP) is 4.52. The molecule has 6 nitrogen and oxygen atoms in total. The van der Waals surface area contributed by atoms with Crippen LogP contribution in [0.25, 0.3) is 5.57 Å². The molecule has 1 aromatic carbocycles. The predicted molar refractivity (Wildman–Crippen MR) is 127 cm³/mol. The van der Waals surface area contributed by atoms with Crippen LogP contribution in [0.15, 0.2) is 128 Å². The average molecular weight is 416 g/mol. The minimum atomic E-state index is -0.0184. The molecular formula is C26H16N4O2. The highest BCUT2D eigenvalue weighted by atomic mass is 16.3. The maximum absolute atomic E-state index is 10.4. The Labute approximate surface area is 183 Å². The Hall–Kier alpha value is -4.58. The lowest BCUT2D eigenvalue weighted by molar-refractivity contribution is 0.448. The van der Waals surface area contributed by atoms with Gasteiger partial charge in [0.15, 0.2) is 0 Å². The summed E-state index contributed by atoms with van der Waals surface area (Å²) in [6, 6.07) is 4.68. The Morgan fingerprint density at radius 3 is 1.56 bits per heavy atom. The maximum Gasteiger partial charge on any atom is 0.127 e. The number of phenols is 2. The van der Waals surface area contributed by atoms with Gasteiger partial charge < -0.3 is 10.2 Å². The molecule has 5 aliphatic heterocycles. The fourth-order valence-corrected chi connectivity index (χ4v) is 3.90. The minimum Gasteiger partial charge on any atom is -0.507 e. The molecule has 0 spiro atoms. The highest BCUT2D eigenvalue weighted by Crippen LogP contribution is 2.38. The number of hydrogen-bond donors (Lipinski definition) is 2. The Bertz CT molecular complexity index is 1440. The van der Waals surface area contributed by atoms with Gasteiger partial charge in [-0.05, 0) is 79.0 Å². The fraction of sp³-hybridized carbons (Fsp3) is 0. The Morgan fingerprint density at radius 1 is 0.500 bits per heavy atom. The highest BCUT2D eigenvalue weighted by Gasteiger charge is 2.22. The van der Waals surface area contributed by atoms with Crippen molar-refractivity contribution >= 4 is 28.4 Å². The lowest BCUT2D eigenvalue weighted by Gasteiger charge is -2.08. The van der Waals surface area contributed by atoms with Crippen molar-refractivity contribution in [2.45, 2.75) is 0 Å². The Kier molecular flexibility index (Phi) is 3.98. The van der Waals surface area contributed by atoms with E-state index in [0.717, 1.165) is 34.2 Å². The molecular weight excluding hydrogens is 400 g/mol. The van der Waals surface area contributed by atoms with Gasteiger partial charge in [0.25, 0.3) is 0 Å². The molecule has 0 saturated carbocycles. The summed E-state index contributed by atoms with van der Waals surface area (Å²) in [5.74, 6) is -0.0368. The van der Waals surface area contributed by atoms with Crippen LogP contribution in [0.1, 0.15) is 5.56 Å². The molecule has 152 valence electrons. The first kappa shape index (κ1) is 18.2. The molecule has 1 aromatic rings. The molecule has 5 aliphatic rings. The summed E-state index contributed by atoms with van der Waals surface area (Å²) in [5, 5.41) is 20.9. The van der Waals surface area contributed by atoms with Gasteiger partial charge >= 0.3 is 0 Å². The number of rotatable bonds is 1. The number of aromatic hydroxyl groups is 2. The van der Waals surface area contributed by atoms with Gasteiger partial charge in [0.2, 0.25) is 0 Å². The number of phenolic OH excluding ortho intramolecular Hbond substituents is 2. The molecule has 0 amide bonds. The van der Waals surface area contributed by atoms with Gasteiger partial charge in [-0.25, -0.2) is 20.0 Å². The van der Waals surface area contributed by atoms with E-state index >= 15 is 0 Å². The number of benzene rings is 1. The lowest BCUT2D eigenvalue weighted by Crippen LogP contribution is -1.97. The van der Waals surface area contributed by atoms with Crippen LogP contribution in [-0.2, 0) is 0 Å². The number of aliphatic imine (C=N–C) groups is 4. The zero-order chi connectivity index (χ0) is 21.7. The molecule has 0 aromatic heterocycles. The van der Waals surface area contributed by atoms with Crippen molar-refractivity contribution < 1.29 is 10.2 Å². The molecule has 8 bridgehead atoms. The van der Waals surface area contributed by atoms with Crippen LogP contribution >= 0.6 is 0 Å². The van der Waals surface area contributed by atoms with E-state index < -0.39 is 0 Å². The van der Waals surface area contributed by atoms with E-state index in [1.807, 2.05) is 66.8 Å². The summed E-state index contributed by atoms with van der Waals surface area (Å²) in [6.07, 6.45) is 20.9. The highest BCUT2D eigenvalue weighted by molar-refractivity contribution is 6.33. The second-order valence-corrected chi connectivity index (χ2v) is 7.61. The molecule has 0 atom stereocenters. The van der Waals surface area contributed by atoms with Crippen LogP contribution in [0, 0.1) is 0 Å². The second kappa shape index (κ2) is 6.99. The monoisotopic (exact) mass is 416 g/mol. The van der Waals surface area contributed by atoms with Crippen molar-refractivity contribution in [3.05, 3.63) is 113 Å². The summed E-state index contributed by atoms with van der Waals surface area (Å²) >= 11 is 0. The molecule has 32 heavy (non-hydrogen) atoms. The summed E-state index contributed by atoms with van der Waals surface area (Å²) in [6.45, 7) is 0. The van der Waals surface area contributed by atoms with Crippen molar-refractivity contribution in [3.8, 4) is 11.5 Å². The maximum atomic E-state index is 10.4. The van der Waals surface area contributed by atoms with E-state index in [2.05, 4.69) is 15.0 Å². The van der Waals surface area contributed by atoms with Crippen LogP contribution in [0.2, 0.25) is 0 Å². The van der Waals surface area contributed by atoms with Gasteiger partial charge in [0, 0.05) is 5.57 Å².